The average molecular weight is 255 g/mol. The van der Waals surface area contributed by atoms with Gasteiger partial charge in [0.25, 0.3) is 0 Å². The van der Waals surface area contributed by atoms with Gasteiger partial charge in [0.15, 0.2) is 0 Å². The number of likely N-dealkylation sites (tertiary alicyclic amines) is 1. The lowest BCUT2D eigenvalue weighted by Crippen LogP contribution is -2.49. The van der Waals surface area contributed by atoms with Crippen LogP contribution in [0.1, 0.15) is 44.9 Å². The molecular weight excluding hydrogens is 230 g/mol. The molecule has 2 fully saturated rings. The highest BCUT2D eigenvalue weighted by Gasteiger charge is 2.33. The number of aliphatic hydroxyl groups excluding tert-OH is 1. The highest BCUT2D eigenvalue weighted by molar-refractivity contribution is 5.72. The van der Waals surface area contributed by atoms with Gasteiger partial charge in [0.1, 0.15) is 0 Å². The van der Waals surface area contributed by atoms with Crippen molar-refractivity contribution in [2.45, 2.75) is 57.1 Å². The normalized spacial score (nSPS) is 34.9. The van der Waals surface area contributed by atoms with Crippen LogP contribution < -0.4 is 0 Å². The van der Waals surface area contributed by atoms with Crippen LogP contribution in [-0.4, -0.2) is 48.3 Å². The van der Waals surface area contributed by atoms with Crippen LogP contribution in [0.25, 0.3) is 0 Å². The van der Waals surface area contributed by atoms with E-state index in [1.165, 1.54) is 20.0 Å². The summed E-state index contributed by atoms with van der Waals surface area (Å²) >= 11 is 0. The Hall–Kier alpha value is -0.610. The van der Waals surface area contributed by atoms with E-state index >= 15 is 0 Å². The second-order valence-corrected chi connectivity index (χ2v) is 5.63. The molecule has 1 saturated heterocycles. The van der Waals surface area contributed by atoms with E-state index in [-0.39, 0.29) is 24.0 Å². The van der Waals surface area contributed by atoms with E-state index in [4.69, 9.17) is 4.74 Å². The number of carbonyl (C=O) groups is 1. The zero-order valence-corrected chi connectivity index (χ0v) is 11.3. The number of esters is 1. The van der Waals surface area contributed by atoms with Gasteiger partial charge < -0.3 is 9.84 Å². The minimum absolute atomic E-state index is 0.000738. The molecule has 0 radical (unpaired) electrons. The molecule has 4 heteroatoms. The Morgan fingerprint density at radius 3 is 2.72 bits per heavy atom. The fraction of sp³-hybridized carbons (Fsp3) is 0.929. The van der Waals surface area contributed by atoms with Gasteiger partial charge in [-0.1, -0.05) is 19.3 Å². The average Bonchev–Trinajstić information content (AvgIpc) is 2.62. The molecule has 18 heavy (non-hydrogen) atoms. The van der Waals surface area contributed by atoms with Crippen LogP contribution in [0.3, 0.4) is 0 Å². The van der Waals surface area contributed by atoms with Crippen molar-refractivity contribution in [3.63, 3.8) is 0 Å². The number of aliphatic hydroxyl groups is 1. The van der Waals surface area contributed by atoms with Crippen molar-refractivity contribution in [2.75, 3.05) is 20.2 Å². The molecule has 1 heterocycles. The maximum Gasteiger partial charge on any atom is 0.309 e. The lowest BCUT2D eigenvalue weighted by molar-refractivity contribution is -0.148. The summed E-state index contributed by atoms with van der Waals surface area (Å²) in [5, 5.41) is 10.2. The quantitative estimate of drug-likeness (QED) is 0.601. The largest absolute Gasteiger partial charge is 0.469 e. The molecule has 104 valence electrons. The van der Waals surface area contributed by atoms with Gasteiger partial charge in [-0.05, 0) is 32.2 Å². The summed E-state index contributed by atoms with van der Waals surface area (Å²) in [4.78, 5) is 14.0. The Morgan fingerprint density at radius 2 is 1.94 bits per heavy atom. The van der Waals surface area contributed by atoms with Crippen LogP contribution in [0.15, 0.2) is 0 Å². The highest BCUT2D eigenvalue weighted by Crippen LogP contribution is 2.27. The van der Waals surface area contributed by atoms with Gasteiger partial charge in [-0.2, -0.15) is 0 Å². The molecule has 2 aliphatic rings. The number of nitrogens with zero attached hydrogens (tertiary/aromatic N) is 1. The van der Waals surface area contributed by atoms with Gasteiger partial charge in [0.05, 0.1) is 19.1 Å². The zero-order valence-electron chi connectivity index (χ0n) is 11.3. The summed E-state index contributed by atoms with van der Waals surface area (Å²) in [7, 11) is 1.46. The molecule has 1 aliphatic heterocycles. The summed E-state index contributed by atoms with van der Waals surface area (Å²) in [6.45, 7) is 1.77. The second-order valence-electron chi connectivity index (χ2n) is 5.63. The Bertz CT molecular complexity index is 282. The third-order valence-electron chi connectivity index (χ3n) is 4.40. The predicted molar refractivity (Wildman–Crippen MR) is 69.2 cm³/mol. The maximum atomic E-state index is 11.6. The Labute approximate surface area is 109 Å². The smallest absolute Gasteiger partial charge is 0.309 e. The van der Waals surface area contributed by atoms with E-state index in [1.807, 2.05) is 0 Å². The van der Waals surface area contributed by atoms with Gasteiger partial charge in [-0.25, -0.2) is 0 Å². The first kappa shape index (κ1) is 13.8. The topological polar surface area (TPSA) is 49.8 Å². The molecule has 2 rings (SSSR count). The number of carbonyl (C=O) groups excluding carboxylic acids is 1. The minimum Gasteiger partial charge on any atom is -0.469 e. The number of ether oxygens (including phenoxy) is 1. The highest BCUT2D eigenvalue weighted by atomic mass is 16.5. The molecule has 4 nitrogen and oxygen atoms in total. The molecule has 0 aromatic rings. The van der Waals surface area contributed by atoms with Crippen molar-refractivity contribution in [2.24, 2.45) is 5.92 Å². The summed E-state index contributed by atoms with van der Waals surface area (Å²) < 4.78 is 4.85. The first-order chi connectivity index (χ1) is 8.72. The SMILES string of the molecule is COC(=O)[C@H]1CCCN(C2CCCCCC2O)C1. The zero-order chi connectivity index (χ0) is 13.0. The van der Waals surface area contributed by atoms with Crippen LogP contribution in [0.2, 0.25) is 0 Å². The summed E-state index contributed by atoms with van der Waals surface area (Å²) in [6, 6.07) is 0.250. The van der Waals surface area contributed by atoms with Gasteiger partial charge >= 0.3 is 5.97 Å². The minimum atomic E-state index is -0.219. The van der Waals surface area contributed by atoms with E-state index in [9.17, 15) is 9.90 Å². The number of hydrogen-bond acceptors (Lipinski definition) is 4. The molecule has 1 aliphatic carbocycles. The molecule has 3 atom stereocenters. The first-order valence-corrected chi connectivity index (χ1v) is 7.22. The molecule has 0 aromatic heterocycles. The molecule has 0 spiro atoms. The number of piperidine rings is 1. The monoisotopic (exact) mass is 255 g/mol. The summed E-state index contributed by atoms with van der Waals surface area (Å²) in [5.41, 5.74) is 0. The van der Waals surface area contributed by atoms with Crippen molar-refractivity contribution in [3.05, 3.63) is 0 Å². The van der Waals surface area contributed by atoms with Gasteiger partial charge in [-0.15, -0.1) is 0 Å². The van der Waals surface area contributed by atoms with Crippen molar-refractivity contribution in [1.82, 2.24) is 4.90 Å². The van der Waals surface area contributed by atoms with Crippen LogP contribution in [0, 0.1) is 5.92 Å². The van der Waals surface area contributed by atoms with Crippen molar-refractivity contribution in [3.8, 4) is 0 Å². The van der Waals surface area contributed by atoms with Crippen molar-refractivity contribution >= 4 is 5.97 Å². The fourth-order valence-corrected chi connectivity index (χ4v) is 3.36. The van der Waals surface area contributed by atoms with Gasteiger partial charge in [0.2, 0.25) is 0 Å². The molecular formula is C14H25NO3. The van der Waals surface area contributed by atoms with Crippen molar-refractivity contribution < 1.29 is 14.6 Å². The fourth-order valence-electron chi connectivity index (χ4n) is 3.36. The van der Waals surface area contributed by atoms with Crippen molar-refractivity contribution in [1.29, 1.82) is 0 Å². The lowest BCUT2D eigenvalue weighted by Gasteiger charge is -2.39. The summed E-state index contributed by atoms with van der Waals surface area (Å²) in [5.74, 6) is -0.0954. The molecule has 1 N–H and O–H groups in total. The molecule has 1 saturated carbocycles. The van der Waals surface area contributed by atoms with Crippen LogP contribution in [0.4, 0.5) is 0 Å². The maximum absolute atomic E-state index is 11.6. The lowest BCUT2D eigenvalue weighted by atomic mass is 9.94. The third-order valence-corrected chi connectivity index (χ3v) is 4.40. The number of hydrogen-bond donors (Lipinski definition) is 1. The van der Waals surface area contributed by atoms with E-state index in [2.05, 4.69) is 4.90 Å². The molecule has 0 bridgehead atoms. The van der Waals surface area contributed by atoms with E-state index in [0.29, 0.717) is 0 Å². The Kier molecular flexibility index (Phi) is 5.01. The number of methoxy groups -OCH3 is 1. The molecule has 0 aromatic carbocycles. The first-order valence-electron chi connectivity index (χ1n) is 7.22. The van der Waals surface area contributed by atoms with Crippen LogP contribution in [-0.2, 0) is 9.53 Å². The van der Waals surface area contributed by atoms with Gasteiger partial charge in [-0.3, -0.25) is 9.69 Å². The number of rotatable bonds is 2. The van der Waals surface area contributed by atoms with Crippen LogP contribution in [0.5, 0.6) is 0 Å². The van der Waals surface area contributed by atoms with E-state index < -0.39 is 0 Å². The Balaban J connectivity index is 1.96. The predicted octanol–water partition coefficient (Wildman–Crippen LogP) is 1.56. The van der Waals surface area contributed by atoms with Gasteiger partial charge in [0, 0.05) is 12.6 Å². The standard InChI is InChI=1S/C14H25NO3/c1-18-14(17)11-6-5-9-15(10-11)12-7-3-2-4-8-13(12)16/h11-13,16H,2-10H2,1H3/t11-,12?,13?/m0/s1. The Morgan fingerprint density at radius 1 is 1.17 bits per heavy atom. The van der Waals surface area contributed by atoms with Crippen LogP contribution >= 0.6 is 0 Å². The third kappa shape index (κ3) is 3.23. The molecule has 2 unspecified atom stereocenters. The second kappa shape index (κ2) is 6.53. The molecule has 0 amide bonds. The van der Waals surface area contributed by atoms with E-state index in [0.717, 1.165) is 45.2 Å². The summed E-state index contributed by atoms with van der Waals surface area (Å²) in [6.07, 6.45) is 7.26. The van der Waals surface area contributed by atoms with E-state index in [1.54, 1.807) is 0 Å².